The normalized spacial score (nSPS) is 20.4. The summed E-state index contributed by atoms with van der Waals surface area (Å²) in [4.78, 5) is 4.53. The highest BCUT2D eigenvalue weighted by Crippen LogP contribution is 2.24. The monoisotopic (exact) mass is 264 g/mol. The van der Waals surface area contributed by atoms with Crippen LogP contribution in [0.5, 0.6) is 5.75 Å². The molecule has 0 amide bonds. The quantitative estimate of drug-likeness (QED) is 0.906. The van der Waals surface area contributed by atoms with Gasteiger partial charge in [0.15, 0.2) is 5.17 Å². The van der Waals surface area contributed by atoms with Crippen molar-refractivity contribution >= 4 is 16.9 Å². The van der Waals surface area contributed by atoms with E-state index in [2.05, 4.69) is 36.3 Å². The van der Waals surface area contributed by atoms with Crippen molar-refractivity contribution in [2.24, 2.45) is 4.99 Å². The minimum atomic E-state index is 0.276. The van der Waals surface area contributed by atoms with Crippen LogP contribution in [-0.4, -0.2) is 24.1 Å². The molecule has 0 fully saturated rings. The topological polar surface area (TPSA) is 33.6 Å². The Hall–Kier alpha value is -1.16. The average molecular weight is 264 g/mol. The summed E-state index contributed by atoms with van der Waals surface area (Å²) in [6, 6.07) is 8.44. The summed E-state index contributed by atoms with van der Waals surface area (Å²) in [6.07, 6.45) is 1.18. The van der Waals surface area contributed by atoms with Gasteiger partial charge in [-0.1, -0.05) is 30.8 Å². The van der Waals surface area contributed by atoms with E-state index in [0.717, 1.165) is 17.5 Å². The highest BCUT2D eigenvalue weighted by atomic mass is 32.2. The maximum atomic E-state index is 5.16. The van der Waals surface area contributed by atoms with Crippen LogP contribution in [0.1, 0.15) is 31.9 Å². The van der Waals surface area contributed by atoms with Crippen molar-refractivity contribution in [2.75, 3.05) is 13.7 Å². The number of thioether (sulfide) groups is 1. The maximum absolute atomic E-state index is 5.16. The summed E-state index contributed by atoms with van der Waals surface area (Å²) in [6.45, 7) is 5.31. The van der Waals surface area contributed by atoms with E-state index in [9.17, 15) is 0 Å². The molecule has 0 saturated heterocycles. The number of amidine groups is 1. The van der Waals surface area contributed by atoms with E-state index in [1.807, 2.05) is 23.9 Å². The van der Waals surface area contributed by atoms with Gasteiger partial charge in [-0.25, -0.2) is 0 Å². The Balaban J connectivity index is 1.93. The van der Waals surface area contributed by atoms with E-state index in [-0.39, 0.29) is 6.04 Å². The summed E-state index contributed by atoms with van der Waals surface area (Å²) in [7, 11) is 1.69. The number of hydrogen-bond acceptors (Lipinski definition) is 4. The molecule has 1 aliphatic rings. The number of benzene rings is 1. The van der Waals surface area contributed by atoms with Crippen molar-refractivity contribution in [3.05, 3.63) is 29.8 Å². The van der Waals surface area contributed by atoms with E-state index >= 15 is 0 Å². The molecular weight excluding hydrogens is 244 g/mol. The van der Waals surface area contributed by atoms with E-state index < -0.39 is 0 Å². The molecule has 1 heterocycles. The summed E-state index contributed by atoms with van der Waals surface area (Å²) in [5.41, 5.74) is 1.25. The molecule has 2 rings (SSSR count). The van der Waals surface area contributed by atoms with Crippen molar-refractivity contribution in [2.45, 2.75) is 31.6 Å². The number of aliphatic imine (C=N–C) groups is 1. The molecule has 0 aliphatic carbocycles. The lowest BCUT2D eigenvalue weighted by Crippen LogP contribution is -2.23. The fourth-order valence-corrected chi connectivity index (χ4v) is 2.90. The third kappa shape index (κ3) is 3.19. The Morgan fingerprint density at radius 3 is 2.72 bits per heavy atom. The molecule has 0 spiro atoms. The van der Waals surface area contributed by atoms with Gasteiger partial charge in [-0.2, -0.15) is 0 Å². The highest BCUT2D eigenvalue weighted by Gasteiger charge is 2.19. The fraction of sp³-hybridized carbons (Fsp3) is 0.500. The SMILES string of the molecule is CCC1CN=C(NC(C)c2ccc(OC)cc2)S1. The van der Waals surface area contributed by atoms with Crippen LogP contribution in [0.3, 0.4) is 0 Å². The van der Waals surface area contributed by atoms with Crippen molar-refractivity contribution in [1.29, 1.82) is 0 Å². The molecule has 1 aromatic rings. The zero-order valence-corrected chi connectivity index (χ0v) is 12.0. The third-order valence-electron chi connectivity index (χ3n) is 3.13. The van der Waals surface area contributed by atoms with Crippen molar-refractivity contribution < 1.29 is 4.74 Å². The van der Waals surface area contributed by atoms with Crippen LogP contribution >= 0.6 is 11.8 Å². The van der Waals surface area contributed by atoms with Gasteiger partial charge in [0.2, 0.25) is 0 Å². The van der Waals surface area contributed by atoms with Crippen LogP contribution in [0.2, 0.25) is 0 Å². The lowest BCUT2D eigenvalue weighted by atomic mass is 10.1. The molecule has 3 nitrogen and oxygen atoms in total. The molecule has 0 saturated carbocycles. The standard InChI is InChI=1S/C14H20N2OS/c1-4-13-9-15-14(18-13)16-10(2)11-5-7-12(17-3)8-6-11/h5-8,10,13H,4,9H2,1-3H3,(H,15,16). The first-order chi connectivity index (χ1) is 8.72. The van der Waals surface area contributed by atoms with Gasteiger partial charge in [-0.3, -0.25) is 4.99 Å². The maximum Gasteiger partial charge on any atom is 0.157 e. The van der Waals surface area contributed by atoms with Gasteiger partial charge in [0, 0.05) is 5.25 Å². The molecule has 1 aliphatic heterocycles. The molecule has 0 bridgehead atoms. The average Bonchev–Trinajstić information content (AvgIpc) is 2.86. The molecule has 0 radical (unpaired) electrons. The Morgan fingerprint density at radius 1 is 1.44 bits per heavy atom. The van der Waals surface area contributed by atoms with Crippen LogP contribution in [0.25, 0.3) is 0 Å². The van der Waals surface area contributed by atoms with Gasteiger partial charge < -0.3 is 10.1 Å². The number of rotatable bonds is 4. The Labute approximate surface area is 113 Å². The predicted octanol–water partition coefficient (Wildman–Crippen LogP) is 3.23. The second-order valence-electron chi connectivity index (χ2n) is 4.43. The first-order valence-electron chi connectivity index (χ1n) is 6.34. The third-order valence-corrected chi connectivity index (χ3v) is 4.41. The zero-order chi connectivity index (χ0) is 13.0. The first kappa shape index (κ1) is 13.3. The van der Waals surface area contributed by atoms with Crippen LogP contribution in [0, 0.1) is 0 Å². The number of ether oxygens (including phenoxy) is 1. The molecule has 2 atom stereocenters. The van der Waals surface area contributed by atoms with Crippen molar-refractivity contribution in [1.82, 2.24) is 5.32 Å². The molecule has 1 aromatic carbocycles. The van der Waals surface area contributed by atoms with Gasteiger partial charge in [0.25, 0.3) is 0 Å². The van der Waals surface area contributed by atoms with Crippen molar-refractivity contribution in [3.63, 3.8) is 0 Å². The number of nitrogens with one attached hydrogen (secondary N) is 1. The Morgan fingerprint density at radius 2 is 2.17 bits per heavy atom. The summed E-state index contributed by atoms with van der Waals surface area (Å²) < 4.78 is 5.16. The van der Waals surface area contributed by atoms with Gasteiger partial charge >= 0.3 is 0 Å². The number of methoxy groups -OCH3 is 1. The van der Waals surface area contributed by atoms with E-state index in [1.54, 1.807) is 7.11 Å². The molecule has 18 heavy (non-hydrogen) atoms. The van der Waals surface area contributed by atoms with Crippen LogP contribution in [-0.2, 0) is 0 Å². The van der Waals surface area contributed by atoms with Gasteiger partial charge in [0.1, 0.15) is 5.75 Å². The minimum Gasteiger partial charge on any atom is -0.497 e. The van der Waals surface area contributed by atoms with E-state index in [4.69, 9.17) is 4.74 Å². The van der Waals surface area contributed by atoms with Crippen LogP contribution in [0.15, 0.2) is 29.3 Å². The molecular formula is C14H20N2OS. The summed E-state index contributed by atoms with van der Waals surface area (Å²) in [5.74, 6) is 0.893. The number of nitrogens with zero attached hydrogens (tertiary/aromatic N) is 1. The zero-order valence-electron chi connectivity index (χ0n) is 11.1. The van der Waals surface area contributed by atoms with E-state index in [0.29, 0.717) is 5.25 Å². The summed E-state index contributed by atoms with van der Waals surface area (Å²) in [5, 5.41) is 5.19. The summed E-state index contributed by atoms with van der Waals surface area (Å²) >= 11 is 1.86. The van der Waals surface area contributed by atoms with Gasteiger partial charge in [0.05, 0.1) is 19.7 Å². The Kier molecular flexibility index (Phi) is 4.53. The highest BCUT2D eigenvalue weighted by molar-refractivity contribution is 8.14. The van der Waals surface area contributed by atoms with Gasteiger partial charge in [-0.15, -0.1) is 0 Å². The van der Waals surface area contributed by atoms with Crippen LogP contribution in [0.4, 0.5) is 0 Å². The lowest BCUT2D eigenvalue weighted by molar-refractivity contribution is 0.414. The fourth-order valence-electron chi connectivity index (χ4n) is 1.87. The second kappa shape index (κ2) is 6.14. The van der Waals surface area contributed by atoms with Gasteiger partial charge in [-0.05, 0) is 31.0 Å². The Bertz CT molecular complexity index is 416. The van der Waals surface area contributed by atoms with Crippen LogP contribution < -0.4 is 10.1 Å². The molecule has 98 valence electrons. The first-order valence-corrected chi connectivity index (χ1v) is 7.22. The number of hydrogen-bond donors (Lipinski definition) is 1. The molecule has 0 aromatic heterocycles. The molecule has 1 N–H and O–H groups in total. The predicted molar refractivity (Wildman–Crippen MR) is 78.5 cm³/mol. The minimum absolute atomic E-state index is 0.276. The molecule has 4 heteroatoms. The lowest BCUT2D eigenvalue weighted by Gasteiger charge is -2.15. The van der Waals surface area contributed by atoms with Crippen molar-refractivity contribution in [3.8, 4) is 5.75 Å². The molecule has 2 unspecified atom stereocenters. The van der Waals surface area contributed by atoms with E-state index in [1.165, 1.54) is 12.0 Å². The largest absolute Gasteiger partial charge is 0.497 e. The second-order valence-corrected chi connectivity index (χ2v) is 5.72. The smallest absolute Gasteiger partial charge is 0.157 e.